The highest BCUT2D eigenvalue weighted by Gasteiger charge is 2.38. The SMILES string of the molecule is Cc1ccc(/C=c2/sc3nc(C(O)(c4ccccc4)c4ccccc4)nn3c2=O)cc1. The fraction of sp³-hybridized carbons (Fsp3) is 0.0800. The normalized spacial score (nSPS) is 12.5. The van der Waals surface area contributed by atoms with Crippen molar-refractivity contribution in [2.24, 2.45) is 0 Å². The van der Waals surface area contributed by atoms with Crippen LogP contribution in [0.3, 0.4) is 0 Å². The highest BCUT2D eigenvalue weighted by molar-refractivity contribution is 7.15. The van der Waals surface area contributed by atoms with Crippen LogP contribution in [-0.4, -0.2) is 19.7 Å². The van der Waals surface area contributed by atoms with E-state index in [2.05, 4.69) is 10.1 Å². The van der Waals surface area contributed by atoms with Gasteiger partial charge in [-0.05, 0) is 29.7 Å². The second-order valence-corrected chi connectivity index (χ2v) is 8.41. The molecule has 1 N–H and O–H groups in total. The Morgan fingerprint density at radius 1 is 0.903 bits per heavy atom. The molecule has 0 unspecified atom stereocenters. The maximum absolute atomic E-state index is 13.0. The second-order valence-electron chi connectivity index (χ2n) is 7.40. The lowest BCUT2D eigenvalue weighted by Crippen LogP contribution is -2.31. The summed E-state index contributed by atoms with van der Waals surface area (Å²) < 4.78 is 1.82. The van der Waals surface area contributed by atoms with Crippen LogP contribution in [0.15, 0.2) is 89.7 Å². The molecule has 0 aliphatic rings. The zero-order chi connectivity index (χ0) is 21.4. The number of hydrogen-bond donors (Lipinski definition) is 1. The lowest BCUT2D eigenvalue weighted by atomic mass is 9.86. The van der Waals surface area contributed by atoms with Crippen molar-refractivity contribution in [2.75, 3.05) is 0 Å². The molecule has 5 nitrogen and oxygen atoms in total. The van der Waals surface area contributed by atoms with Gasteiger partial charge in [0.15, 0.2) is 11.4 Å². The van der Waals surface area contributed by atoms with Crippen LogP contribution in [-0.2, 0) is 5.60 Å². The first kappa shape index (κ1) is 19.4. The van der Waals surface area contributed by atoms with Gasteiger partial charge in [-0.1, -0.05) is 102 Å². The average Bonchev–Trinajstić information content (AvgIpc) is 3.36. The molecule has 0 fully saturated rings. The minimum atomic E-state index is -1.57. The number of rotatable bonds is 4. The Morgan fingerprint density at radius 2 is 1.48 bits per heavy atom. The lowest BCUT2D eigenvalue weighted by molar-refractivity contribution is 0.116. The third-order valence-corrected chi connectivity index (χ3v) is 6.22. The second kappa shape index (κ2) is 7.58. The first-order chi connectivity index (χ1) is 15.1. The summed E-state index contributed by atoms with van der Waals surface area (Å²) in [7, 11) is 0. The van der Waals surface area contributed by atoms with Crippen LogP contribution >= 0.6 is 11.3 Å². The molecule has 0 aliphatic heterocycles. The fourth-order valence-electron chi connectivity index (χ4n) is 3.58. The number of hydrogen-bond acceptors (Lipinski definition) is 5. The van der Waals surface area contributed by atoms with Crippen molar-refractivity contribution in [3.05, 3.63) is 128 Å². The number of aromatic nitrogens is 3. The molecule has 0 bridgehead atoms. The van der Waals surface area contributed by atoms with Crippen LogP contribution in [0.4, 0.5) is 0 Å². The monoisotopic (exact) mass is 425 g/mol. The summed E-state index contributed by atoms with van der Waals surface area (Å²) in [5.41, 5.74) is 1.56. The average molecular weight is 426 g/mol. The van der Waals surface area contributed by atoms with E-state index < -0.39 is 5.60 Å². The minimum Gasteiger partial charge on any atom is -0.373 e. The van der Waals surface area contributed by atoms with Crippen molar-refractivity contribution in [2.45, 2.75) is 12.5 Å². The first-order valence-electron chi connectivity index (χ1n) is 9.87. The lowest BCUT2D eigenvalue weighted by Gasteiger charge is -2.26. The Balaban J connectivity index is 1.67. The van der Waals surface area contributed by atoms with E-state index in [-0.39, 0.29) is 11.4 Å². The predicted octanol–water partition coefficient (Wildman–Crippen LogP) is 3.29. The topological polar surface area (TPSA) is 67.5 Å². The van der Waals surface area contributed by atoms with E-state index in [1.807, 2.05) is 97.9 Å². The summed E-state index contributed by atoms with van der Waals surface area (Å²) in [6.45, 7) is 2.02. The van der Waals surface area contributed by atoms with Crippen molar-refractivity contribution in [3.8, 4) is 0 Å². The molecule has 0 aliphatic carbocycles. The van der Waals surface area contributed by atoms with Crippen LogP contribution in [0, 0.1) is 6.92 Å². The Hall–Kier alpha value is -3.61. The van der Waals surface area contributed by atoms with Crippen molar-refractivity contribution in [1.29, 1.82) is 0 Å². The molecule has 3 aromatic carbocycles. The van der Waals surface area contributed by atoms with Gasteiger partial charge < -0.3 is 5.11 Å². The molecule has 152 valence electrons. The van der Waals surface area contributed by atoms with Gasteiger partial charge in [0.2, 0.25) is 4.96 Å². The van der Waals surface area contributed by atoms with Crippen LogP contribution in [0.1, 0.15) is 28.1 Å². The largest absolute Gasteiger partial charge is 0.373 e. The Bertz CT molecular complexity index is 1420. The molecular formula is C25H19N3O2S. The standard InChI is InChI=1S/C25H19N3O2S/c1-17-12-14-18(15-13-17)16-21-22(29)28-24(31-21)26-23(27-28)25(30,19-8-4-2-5-9-19)20-10-6-3-7-11-20/h2-16,30H,1H3/b21-16+. The zero-order valence-electron chi connectivity index (χ0n) is 16.8. The molecular weight excluding hydrogens is 406 g/mol. The number of aliphatic hydroxyl groups is 1. The maximum Gasteiger partial charge on any atom is 0.291 e. The van der Waals surface area contributed by atoms with E-state index in [9.17, 15) is 9.90 Å². The van der Waals surface area contributed by atoms with Gasteiger partial charge in [-0.25, -0.2) is 0 Å². The van der Waals surface area contributed by atoms with E-state index in [1.54, 1.807) is 0 Å². The van der Waals surface area contributed by atoms with Crippen LogP contribution in [0.25, 0.3) is 11.0 Å². The number of fused-ring (bicyclic) bond motifs is 1. The van der Waals surface area contributed by atoms with E-state index in [4.69, 9.17) is 0 Å². The summed E-state index contributed by atoms with van der Waals surface area (Å²) >= 11 is 1.26. The maximum atomic E-state index is 13.0. The molecule has 5 rings (SSSR count). The van der Waals surface area contributed by atoms with Gasteiger partial charge in [0.25, 0.3) is 5.56 Å². The summed E-state index contributed by atoms with van der Waals surface area (Å²) in [5.74, 6) is 0.176. The highest BCUT2D eigenvalue weighted by Crippen LogP contribution is 2.34. The van der Waals surface area contributed by atoms with E-state index in [0.717, 1.165) is 11.1 Å². The molecule has 0 radical (unpaired) electrons. The molecule has 0 spiro atoms. The van der Waals surface area contributed by atoms with Crippen molar-refractivity contribution >= 4 is 22.4 Å². The van der Waals surface area contributed by atoms with Crippen molar-refractivity contribution in [1.82, 2.24) is 14.6 Å². The predicted molar refractivity (Wildman–Crippen MR) is 122 cm³/mol. The van der Waals surface area contributed by atoms with Crippen LogP contribution in [0.5, 0.6) is 0 Å². The van der Waals surface area contributed by atoms with Crippen LogP contribution in [0.2, 0.25) is 0 Å². The molecule has 31 heavy (non-hydrogen) atoms. The molecule has 0 saturated heterocycles. The molecule has 6 heteroatoms. The zero-order valence-corrected chi connectivity index (χ0v) is 17.6. The summed E-state index contributed by atoms with van der Waals surface area (Å²) in [4.78, 5) is 18.0. The third-order valence-electron chi connectivity index (χ3n) is 5.26. The molecule has 2 heterocycles. The van der Waals surface area contributed by atoms with Crippen LogP contribution < -0.4 is 10.1 Å². The fourth-order valence-corrected chi connectivity index (χ4v) is 4.49. The van der Waals surface area contributed by atoms with Gasteiger partial charge in [0.05, 0.1) is 4.53 Å². The van der Waals surface area contributed by atoms with Gasteiger partial charge in [0, 0.05) is 0 Å². The van der Waals surface area contributed by atoms with Crippen molar-refractivity contribution in [3.63, 3.8) is 0 Å². The Kier molecular flexibility index (Phi) is 4.73. The summed E-state index contributed by atoms with van der Waals surface area (Å²) in [6, 6.07) is 26.5. The van der Waals surface area contributed by atoms with Gasteiger partial charge in [-0.15, -0.1) is 5.10 Å². The molecule has 5 aromatic rings. The smallest absolute Gasteiger partial charge is 0.291 e. The van der Waals surface area contributed by atoms with Gasteiger partial charge in [-0.3, -0.25) is 4.79 Å². The molecule has 2 aromatic heterocycles. The Morgan fingerprint density at radius 3 is 2.03 bits per heavy atom. The number of aryl methyl sites for hydroxylation is 1. The number of thiazole rings is 1. The van der Waals surface area contributed by atoms with Gasteiger partial charge in [0.1, 0.15) is 0 Å². The third kappa shape index (κ3) is 3.36. The highest BCUT2D eigenvalue weighted by atomic mass is 32.1. The van der Waals surface area contributed by atoms with Gasteiger partial charge >= 0.3 is 0 Å². The van der Waals surface area contributed by atoms with Crippen molar-refractivity contribution < 1.29 is 5.11 Å². The number of benzene rings is 3. The summed E-state index contributed by atoms with van der Waals surface area (Å²) in [5, 5.41) is 16.3. The van der Waals surface area contributed by atoms with E-state index >= 15 is 0 Å². The molecule has 0 amide bonds. The van der Waals surface area contributed by atoms with E-state index in [0.29, 0.717) is 20.6 Å². The number of nitrogens with zero attached hydrogens (tertiary/aromatic N) is 3. The Labute approximate surface area is 182 Å². The first-order valence-corrected chi connectivity index (χ1v) is 10.7. The van der Waals surface area contributed by atoms with E-state index in [1.165, 1.54) is 15.9 Å². The quantitative estimate of drug-likeness (QED) is 0.480. The molecule has 0 saturated carbocycles. The summed E-state index contributed by atoms with van der Waals surface area (Å²) in [6.07, 6.45) is 1.84. The van der Waals surface area contributed by atoms with Gasteiger partial charge in [-0.2, -0.15) is 9.50 Å². The minimum absolute atomic E-state index is 0.176. The molecule has 0 atom stereocenters.